The summed E-state index contributed by atoms with van der Waals surface area (Å²) < 4.78 is 24.2. The van der Waals surface area contributed by atoms with Gasteiger partial charge in [0.1, 0.15) is 0 Å². The van der Waals surface area contributed by atoms with Crippen LogP contribution in [0.1, 0.15) is 5.56 Å². The first-order valence-corrected chi connectivity index (χ1v) is 6.88. The van der Waals surface area contributed by atoms with E-state index < -0.39 is 9.84 Å². The number of thiophene rings is 1. The molecule has 2 aromatic rings. The summed E-state index contributed by atoms with van der Waals surface area (Å²) >= 11 is 1.41. The molecule has 0 saturated carbocycles. The maximum atomic E-state index is 12.1. The molecule has 1 aromatic heterocycles. The van der Waals surface area contributed by atoms with Gasteiger partial charge in [0.05, 0.1) is 9.79 Å². The standard InChI is InChI=1S/C11H10O2S2/c1-9-7-14-8-11(9)15(12,13)10-5-3-2-4-6-10/h2-8H,1H3. The minimum atomic E-state index is -3.32. The van der Waals surface area contributed by atoms with E-state index in [1.54, 1.807) is 35.7 Å². The molecule has 0 atom stereocenters. The molecule has 2 nitrogen and oxygen atoms in total. The van der Waals surface area contributed by atoms with E-state index in [-0.39, 0.29) is 0 Å². The van der Waals surface area contributed by atoms with Crippen molar-refractivity contribution in [2.75, 3.05) is 0 Å². The summed E-state index contributed by atoms with van der Waals surface area (Å²) in [6.07, 6.45) is 0. The van der Waals surface area contributed by atoms with Crippen molar-refractivity contribution in [3.63, 3.8) is 0 Å². The van der Waals surface area contributed by atoms with Crippen molar-refractivity contribution < 1.29 is 8.42 Å². The molecule has 0 radical (unpaired) electrons. The van der Waals surface area contributed by atoms with Crippen molar-refractivity contribution >= 4 is 21.2 Å². The maximum Gasteiger partial charge on any atom is 0.207 e. The second kappa shape index (κ2) is 3.79. The Morgan fingerprint density at radius 2 is 1.73 bits per heavy atom. The van der Waals surface area contributed by atoms with Crippen LogP contribution in [0.3, 0.4) is 0 Å². The van der Waals surface area contributed by atoms with Crippen LogP contribution in [-0.2, 0) is 9.84 Å². The predicted octanol–water partition coefficient (Wildman–Crippen LogP) is 2.89. The lowest BCUT2D eigenvalue weighted by molar-refractivity contribution is 0.596. The van der Waals surface area contributed by atoms with E-state index in [0.717, 1.165) is 5.56 Å². The largest absolute Gasteiger partial charge is 0.218 e. The van der Waals surface area contributed by atoms with Gasteiger partial charge in [0, 0.05) is 5.38 Å². The molecular formula is C11H10O2S2. The summed E-state index contributed by atoms with van der Waals surface area (Å²) in [6.45, 7) is 1.81. The van der Waals surface area contributed by atoms with Gasteiger partial charge in [-0.3, -0.25) is 0 Å². The molecule has 1 heterocycles. The molecule has 0 aliphatic rings. The molecule has 0 spiro atoms. The van der Waals surface area contributed by atoms with Crippen LogP contribution in [0, 0.1) is 6.92 Å². The first kappa shape index (κ1) is 10.4. The molecule has 78 valence electrons. The van der Waals surface area contributed by atoms with Gasteiger partial charge in [-0.15, -0.1) is 0 Å². The summed E-state index contributed by atoms with van der Waals surface area (Å²) in [7, 11) is -3.32. The van der Waals surface area contributed by atoms with Gasteiger partial charge in [0.2, 0.25) is 9.84 Å². The third-order valence-corrected chi connectivity index (χ3v) is 5.07. The van der Waals surface area contributed by atoms with Crippen LogP contribution in [0.25, 0.3) is 0 Å². The Morgan fingerprint density at radius 1 is 1.07 bits per heavy atom. The zero-order valence-corrected chi connectivity index (χ0v) is 9.81. The Hall–Kier alpha value is -1.13. The Bertz CT molecular complexity index is 553. The Morgan fingerprint density at radius 3 is 2.27 bits per heavy atom. The van der Waals surface area contributed by atoms with E-state index in [4.69, 9.17) is 0 Å². The molecule has 0 amide bonds. The maximum absolute atomic E-state index is 12.1. The Balaban J connectivity index is 2.60. The van der Waals surface area contributed by atoms with Gasteiger partial charge in [-0.2, -0.15) is 11.3 Å². The number of aryl methyl sites for hydroxylation is 1. The van der Waals surface area contributed by atoms with Gasteiger partial charge < -0.3 is 0 Å². The number of benzene rings is 1. The van der Waals surface area contributed by atoms with Crippen molar-refractivity contribution in [2.24, 2.45) is 0 Å². The monoisotopic (exact) mass is 238 g/mol. The van der Waals surface area contributed by atoms with Crippen molar-refractivity contribution in [1.82, 2.24) is 0 Å². The predicted molar refractivity (Wildman–Crippen MR) is 60.9 cm³/mol. The van der Waals surface area contributed by atoms with Gasteiger partial charge in [-0.1, -0.05) is 18.2 Å². The van der Waals surface area contributed by atoms with Gasteiger partial charge in [0.15, 0.2) is 0 Å². The van der Waals surface area contributed by atoms with Crippen molar-refractivity contribution in [3.05, 3.63) is 46.7 Å². The van der Waals surface area contributed by atoms with E-state index >= 15 is 0 Å². The number of sulfone groups is 1. The van der Waals surface area contributed by atoms with E-state index in [0.29, 0.717) is 9.79 Å². The zero-order chi connectivity index (χ0) is 10.9. The fourth-order valence-electron chi connectivity index (χ4n) is 1.35. The van der Waals surface area contributed by atoms with E-state index in [1.165, 1.54) is 11.3 Å². The van der Waals surface area contributed by atoms with Crippen molar-refractivity contribution in [2.45, 2.75) is 16.7 Å². The summed E-state index contributed by atoms with van der Waals surface area (Å²) in [4.78, 5) is 0.769. The number of hydrogen-bond donors (Lipinski definition) is 0. The highest BCUT2D eigenvalue weighted by Crippen LogP contribution is 2.26. The fraction of sp³-hybridized carbons (Fsp3) is 0.0909. The molecule has 0 saturated heterocycles. The van der Waals surface area contributed by atoms with Crippen LogP contribution in [0.4, 0.5) is 0 Å². The zero-order valence-electron chi connectivity index (χ0n) is 8.17. The fourth-order valence-corrected chi connectivity index (χ4v) is 4.06. The van der Waals surface area contributed by atoms with Crippen LogP contribution in [0.15, 0.2) is 50.9 Å². The quantitative estimate of drug-likeness (QED) is 0.806. The third-order valence-electron chi connectivity index (χ3n) is 2.15. The minimum Gasteiger partial charge on any atom is -0.218 e. The third kappa shape index (κ3) is 1.82. The highest BCUT2D eigenvalue weighted by Gasteiger charge is 2.19. The van der Waals surface area contributed by atoms with Gasteiger partial charge >= 0.3 is 0 Å². The Labute approximate surface area is 93.1 Å². The normalized spacial score (nSPS) is 11.5. The van der Waals surface area contributed by atoms with Crippen LogP contribution >= 0.6 is 11.3 Å². The van der Waals surface area contributed by atoms with Gasteiger partial charge in [-0.05, 0) is 30.0 Å². The molecule has 0 bridgehead atoms. The summed E-state index contributed by atoms with van der Waals surface area (Å²) in [5.41, 5.74) is 0.809. The average molecular weight is 238 g/mol. The molecule has 0 unspecified atom stereocenters. The summed E-state index contributed by atoms with van der Waals surface area (Å²) in [5.74, 6) is 0. The molecule has 2 rings (SSSR count). The minimum absolute atomic E-state index is 0.353. The lowest BCUT2D eigenvalue weighted by Gasteiger charge is -2.02. The smallest absolute Gasteiger partial charge is 0.207 e. The summed E-state index contributed by atoms with van der Waals surface area (Å²) in [5, 5.41) is 3.52. The van der Waals surface area contributed by atoms with Crippen molar-refractivity contribution in [1.29, 1.82) is 0 Å². The number of hydrogen-bond acceptors (Lipinski definition) is 3. The second-order valence-corrected chi connectivity index (χ2v) is 5.90. The van der Waals surface area contributed by atoms with Crippen LogP contribution in [0.2, 0.25) is 0 Å². The molecule has 0 aliphatic heterocycles. The highest BCUT2D eigenvalue weighted by atomic mass is 32.2. The molecule has 0 fully saturated rings. The number of rotatable bonds is 2. The second-order valence-electron chi connectivity index (χ2n) is 3.24. The van der Waals surface area contributed by atoms with E-state index in [9.17, 15) is 8.42 Å². The van der Waals surface area contributed by atoms with E-state index in [2.05, 4.69) is 0 Å². The molecule has 1 aromatic carbocycles. The van der Waals surface area contributed by atoms with Gasteiger partial charge in [-0.25, -0.2) is 8.42 Å². The molecule has 0 aliphatic carbocycles. The highest BCUT2D eigenvalue weighted by molar-refractivity contribution is 7.91. The molecular weight excluding hydrogens is 228 g/mol. The van der Waals surface area contributed by atoms with Crippen LogP contribution in [0.5, 0.6) is 0 Å². The lowest BCUT2D eigenvalue weighted by atomic mass is 10.4. The first-order chi connectivity index (χ1) is 7.12. The molecule has 15 heavy (non-hydrogen) atoms. The SMILES string of the molecule is Cc1cscc1S(=O)(=O)c1ccccc1. The van der Waals surface area contributed by atoms with Crippen LogP contribution < -0.4 is 0 Å². The lowest BCUT2D eigenvalue weighted by Crippen LogP contribution is -2.01. The topological polar surface area (TPSA) is 34.1 Å². The van der Waals surface area contributed by atoms with Gasteiger partial charge in [0.25, 0.3) is 0 Å². The molecule has 0 N–H and O–H groups in total. The van der Waals surface area contributed by atoms with Crippen LogP contribution in [-0.4, -0.2) is 8.42 Å². The summed E-state index contributed by atoms with van der Waals surface area (Å²) in [6, 6.07) is 8.50. The first-order valence-electron chi connectivity index (χ1n) is 4.45. The molecule has 4 heteroatoms. The van der Waals surface area contributed by atoms with Crippen molar-refractivity contribution in [3.8, 4) is 0 Å². The Kier molecular flexibility index (Phi) is 2.63. The van der Waals surface area contributed by atoms with E-state index in [1.807, 2.05) is 12.3 Å². The average Bonchev–Trinajstić information content (AvgIpc) is 2.66.